The lowest BCUT2D eigenvalue weighted by atomic mass is 10.3. The van der Waals surface area contributed by atoms with E-state index in [1.165, 1.54) is 0 Å². The molecule has 4 heteroatoms. The molecule has 0 saturated heterocycles. The third kappa shape index (κ3) is 3.23. The Kier molecular flexibility index (Phi) is 4.04. The van der Waals surface area contributed by atoms with Crippen molar-refractivity contribution in [3.8, 4) is 6.07 Å². The molecule has 1 saturated carbocycles. The standard InChI is InChI=1S/C9H13ClN2O/c10-5-4-9(13)12(7-1-6-11)8-2-3-8/h8H,1-5,7H2. The summed E-state index contributed by atoms with van der Waals surface area (Å²) in [6.07, 6.45) is 2.98. The average molecular weight is 201 g/mol. The van der Waals surface area contributed by atoms with E-state index in [0.717, 1.165) is 12.8 Å². The maximum Gasteiger partial charge on any atom is 0.224 e. The van der Waals surface area contributed by atoms with Gasteiger partial charge in [-0.15, -0.1) is 11.6 Å². The number of nitrogens with zero attached hydrogens (tertiary/aromatic N) is 2. The van der Waals surface area contributed by atoms with Gasteiger partial charge >= 0.3 is 0 Å². The van der Waals surface area contributed by atoms with E-state index in [0.29, 0.717) is 31.3 Å². The first-order valence-electron chi connectivity index (χ1n) is 4.52. The highest BCUT2D eigenvalue weighted by molar-refractivity contribution is 6.18. The molecule has 0 heterocycles. The minimum atomic E-state index is 0.0905. The zero-order valence-electron chi connectivity index (χ0n) is 7.50. The van der Waals surface area contributed by atoms with Crippen molar-refractivity contribution >= 4 is 17.5 Å². The van der Waals surface area contributed by atoms with Crippen molar-refractivity contribution in [1.29, 1.82) is 5.26 Å². The predicted molar refractivity (Wildman–Crippen MR) is 50.3 cm³/mol. The average Bonchev–Trinajstić information content (AvgIpc) is 2.89. The van der Waals surface area contributed by atoms with Crippen molar-refractivity contribution < 1.29 is 4.79 Å². The molecule has 72 valence electrons. The Bertz CT molecular complexity index is 220. The molecule has 0 unspecified atom stereocenters. The van der Waals surface area contributed by atoms with Crippen LogP contribution in [-0.2, 0) is 4.79 Å². The Balaban J connectivity index is 2.37. The number of nitriles is 1. The van der Waals surface area contributed by atoms with E-state index in [1.54, 1.807) is 4.90 Å². The fourth-order valence-electron chi connectivity index (χ4n) is 1.29. The minimum absolute atomic E-state index is 0.0905. The molecule has 1 rings (SSSR count). The van der Waals surface area contributed by atoms with Crippen molar-refractivity contribution in [2.24, 2.45) is 0 Å². The van der Waals surface area contributed by atoms with Gasteiger partial charge in [-0.25, -0.2) is 0 Å². The van der Waals surface area contributed by atoms with Gasteiger partial charge in [0.05, 0.1) is 12.5 Å². The summed E-state index contributed by atoms with van der Waals surface area (Å²) in [6, 6.07) is 2.44. The van der Waals surface area contributed by atoms with Gasteiger partial charge in [0.1, 0.15) is 0 Å². The summed E-state index contributed by atoms with van der Waals surface area (Å²) in [5.41, 5.74) is 0. The smallest absolute Gasteiger partial charge is 0.224 e. The van der Waals surface area contributed by atoms with Crippen LogP contribution in [0.5, 0.6) is 0 Å². The van der Waals surface area contributed by atoms with Gasteiger partial charge in [-0.05, 0) is 12.8 Å². The third-order valence-corrected chi connectivity index (χ3v) is 2.27. The topological polar surface area (TPSA) is 44.1 Å². The highest BCUT2D eigenvalue weighted by atomic mass is 35.5. The number of carbonyl (C=O) groups excluding carboxylic acids is 1. The molecule has 0 aromatic rings. The van der Waals surface area contributed by atoms with Gasteiger partial charge in [-0.2, -0.15) is 5.26 Å². The number of alkyl halides is 1. The van der Waals surface area contributed by atoms with Crippen molar-refractivity contribution in [3.63, 3.8) is 0 Å². The number of halogens is 1. The van der Waals surface area contributed by atoms with Crippen molar-refractivity contribution in [2.45, 2.75) is 31.7 Å². The molecule has 3 nitrogen and oxygen atoms in total. The van der Waals surface area contributed by atoms with Gasteiger partial charge in [-0.1, -0.05) is 0 Å². The molecule has 1 fully saturated rings. The van der Waals surface area contributed by atoms with Gasteiger partial charge in [-0.3, -0.25) is 4.79 Å². The summed E-state index contributed by atoms with van der Waals surface area (Å²) in [5.74, 6) is 0.460. The summed E-state index contributed by atoms with van der Waals surface area (Å²) in [5, 5.41) is 8.41. The quantitative estimate of drug-likeness (QED) is 0.632. The van der Waals surface area contributed by atoms with Gasteiger partial charge in [0.25, 0.3) is 0 Å². The van der Waals surface area contributed by atoms with Crippen LogP contribution in [0.3, 0.4) is 0 Å². The largest absolute Gasteiger partial charge is 0.339 e. The van der Waals surface area contributed by atoms with Crippen LogP contribution < -0.4 is 0 Å². The van der Waals surface area contributed by atoms with E-state index in [4.69, 9.17) is 16.9 Å². The van der Waals surface area contributed by atoms with E-state index in [-0.39, 0.29) is 5.91 Å². The van der Waals surface area contributed by atoms with Gasteiger partial charge in [0, 0.05) is 24.9 Å². The summed E-state index contributed by atoms with van der Waals surface area (Å²) in [4.78, 5) is 13.3. The molecule has 0 bridgehead atoms. The fraction of sp³-hybridized carbons (Fsp3) is 0.778. The minimum Gasteiger partial charge on any atom is -0.339 e. The molecule has 0 atom stereocenters. The summed E-state index contributed by atoms with van der Waals surface area (Å²) < 4.78 is 0. The monoisotopic (exact) mass is 200 g/mol. The number of hydrogen-bond donors (Lipinski definition) is 0. The zero-order valence-corrected chi connectivity index (χ0v) is 8.26. The van der Waals surface area contributed by atoms with Crippen LogP contribution in [0, 0.1) is 11.3 Å². The van der Waals surface area contributed by atoms with Crippen LogP contribution >= 0.6 is 11.6 Å². The molecule has 0 aromatic carbocycles. The molecular weight excluding hydrogens is 188 g/mol. The lowest BCUT2D eigenvalue weighted by molar-refractivity contribution is -0.131. The molecule has 0 aliphatic heterocycles. The van der Waals surface area contributed by atoms with E-state index in [1.807, 2.05) is 0 Å². The predicted octanol–water partition coefficient (Wildman–Crippen LogP) is 1.52. The number of rotatable bonds is 5. The molecule has 13 heavy (non-hydrogen) atoms. The Morgan fingerprint density at radius 1 is 1.62 bits per heavy atom. The first-order valence-corrected chi connectivity index (χ1v) is 5.05. The van der Waals surface area contributed by atoms with Crippen molar-refractivity contribution in [3.05, 3.63) is 0 Å². The number of hydrogen-bond acceptors (Lipinski definition) is 2. The van der Waals surface area contributed by atoms with Crippen LogP contribution in [0.15, 0.2) is 0 Å². The molecule has 0 spiro atoms. The maximum atomic E-state index is 11.5. The number of amides is 1. The second-order valence-corrected chi connectivity index (χ2v) is 3.54. The number of carbonyl (C=O) groups is 1. The van der Waals surface area contributed by atoms with Crippen LogP contribution in [0.2, 0.25) is 0 Å². The fourth-order valence-corrected chi connectivity index (χ4v) is 1.45. The highest BCUT2D eigenvalue weighted by Gasteiger charge is 2.31. The van der Waals surface area contributed by atoms with Crippen LogP contribution in [-0.4, -0.2) is 29.3 Å². The second-order valence-electron chi connectivity index (χ2n) is 3.17. The SMILES string of the molecule is N#CCCN(C(=O)CCCl)C1CC1. The molecule has 1 amide bonds. The Labute approximate surface area is 83.3 Å². The van der Waals surface area contributed by atoms with Crippen molar-refractivity contribution in [1.82, 2.24) is 4.90 Å². The van der Waals surface area contributed by atoms with Gasteiger partial charge in [0.2, 0.25) is 5.91 Å². The first-order chi connectivity index (χ1) is 6.29. The Morgan fingerprint density at radius 3 is 2.77 bits per heavy atom. The third-order valence-electron chi connectivity index (χ3n) is 2.08. The van der Waals surface area contributed by atoms with Crippen LogP contribution in [0.1, 0.15) is 25.7 Å². The molecule has 1 aliphatic rings. The maximum absolute atomic E-state index is 11.5. The molecule has 0 aromatic heterocycles. The first kappa shape index (κ1) is 10.3. The molecule has 0 N–H and O–H groups in total. The molecule has 0 radical (unpaired) electrons. The highest BCUT2D eigenvalue weighted by Crippen LogP contribution is 2.27. The summed E-state index contributed by atoms with van der Waals surface area (Å²) in [6.45, 7) is 0.566. The summed E-state index contributed by atoms with van der Waals surface area (Å²) in [7, 11) is 0. The zero-order chi connectivity index (χ0) is 9.68. The Morgan fingerprint density at radius 2 is 2.31 bits per heavy atom. The lowest BCUT2D eigenvalue weighted by Gasteiger charge is -2.20. The summed E-state index contributed by atoms with van der Waals surface area (Å²) >= 11 is 5.49. The molecule has 1 aliphatic carbocycles. The van der Waals surface area contributed by atoms with Gasteiger partial charge < -0.3 is 4.90 Å². The Hall–Kier alpha value is -0.750. The van der Waals surface area contributed by atoms with Crippen LogP contribution in [0.25, 0.3) is 0 Å². The molecular formula is C9H13ClN2O. The van der Waals surface area contributed by atoms with Crippen molar-refractivity contribution in [2.75, 3.05) is 12.4 Å². The van der Waals surface area contributed by atoms with E-state index in [9.17, 15) is 4.79 Å². The van der Waals surface area contributed by atoms with Gasteiger partial charge in [0.15, 0.2) is 0 Å². The second kappa shape index (κ2) is 5.08. The normalized spacial score (nSPS) is 15.1. The van der Waals surface area contributed by atoms with Crippen LogP contribution in [0.4, 0.5) is 0 Å². The van der Waals surface area contributed by atoms with E-state index < -0.39 is 0 Å². The van der Waals surface area contributed by atoms with E-state index >= 15 is 0 Å². The van der Waals surface area contributed by atoms with E-state index in [2.05, 4.69) is 6.07 Å². The lowest BCUT2D eigenvalue weighted by Crippen LogP contribution is -2.33.